The number of nitrogens with zero attached hydrogens (tertiary/aromatic N) is 5. The summed E-state index contributed by atoms with van der Waals surface area (Å²) in [5.41, 5.74) is 6.96. The molecule has 2 N–H and O–H groups in total. The summed E-state index contributed by atoms with van der Waals surface area (Å²) in [6, 6.07) is 6.32. The quantitative estimate of drug-likeness (QED) is 0.557. The van der Waals surface area contributed by atoms with Gasteiger partial charge in [-0.25, -0.2) is 22.9 Å². The highest BCUT2D eigenvalue weighted by molar-refractivity contribution is 7.95. The number of amidine groups is 1. The van der Waals surface area contributed by atoms with Gasteiger partial charge in [0.05, 0.1) is 33.9 Å². The first-order valence-electron chi connectivity index (χ1n) is 10.9. The minimum atomic E-state index is -2.80. The van der Waals surface area contributed by atoms with Crippen molar-refractivity contribution in [2.24, 2.45) is 15.1 Å². The Kier molecular flexibility index (Phi) is 5.29. The number of aliphatic imine (C=N–C) groups is 1. The number of benzene rings is 1. The molecule has 34 heavy (non-hydrogen) atoms. The van der Waals surface area contributed by atoms with Crippen molar-refractivity contribution >= 4 is 27.2 Å². The second-order valence-electron chi connectivity index (χ2n) is 9.40. The molecule has 2 aromatic heterocycles. The van der Waals surface area contributed by atoms with E-state index in [0.29, 0.717) is 22.7 Å². The van der Waals surface area contributed by atoms with E-state index in [2.05, 4.69) is 24.5 Å². The molecule has 1 aromatic carbocycles. The first-order chi connectivity index (χ1) is 16.0. The van der Waals surface area contributed by atoms with Crippen LogP contribution in [-0.4, -0.2) is 41.7 Å². The lowest BCUT2D eigenvalue weighted by molar-refractivity contribution is 0.434. The van der Waals surface area contributed by atoms with Gasteiger partial charge in [-0.2, -0.15) is 0 Å². The summed E-state index contributed by atoms with van der Waals surface area (Å²) in [6.07, 6.45) is 4.73. The number of nitrogens with two attached hydrogens (primary N) is 1. The fourth-order valence-corrected chi connectivity index (χ4v) is 6.80. The Bertz CT molecular complexity index is 1420. The molecule has 8 nitrogen and oxygen atoms in total. The Labute approximate surface area is 202 Å². The van der Waals surface area contributed by atoms with Crippen LogP contribution in [0.25, 0.3) is 22.7 Å². The molecule has 2 aliphatic rings. The second-order valence-corrected chi connectivity index (χ2v) is 12.6. The van der Waals surface area contributed by atoms with Gasteiger partial charge in [-0.15, -0.1) is 0 Å². The zero-order chi connectivity index (χ0) is 24.3. The first kappa shape index (κ1) is 22.9. The van der Waals surface area contributed by atoms with Crippen LogP contribution in [0.3, 0.4) is 0 Å². The summed E-state index contributed by atoms with van der Waals surface area (Å²) in [6.45, 7) is 5.33. The Morgan fingerprint density at radius 2 is 1.94 bits per heavy atom. The fourth-order valence-electron chi connectivity index (χ4n) is 3.95. The zero-order valence-electron chi connectivity index (χ0n) is 19.0. The molecule has 0 unspecified atom stereocenters. The van der Waals surface area contributed by atoms with Gasteiger partial charge in [0.2, 0.25) is 0 Å². The van der Waals surface area contributed by atoms with Gasteiger partial charge in [-0.05, 0) is 51.8 Å². The lowest BCUT2D eigenvalue weighted by Crippen LogP contribution is -2.55. The van der Waals surface area contributed by atoms with E-state index in [1.54, 1.807) is 39.0 Å². The molecule has 11 heteroatoms. The van der Waals surface area contributed by atoms with E-state index in [1.165, 1.54) is 18.5 Å². The third-order valence-corrected chi connectivity index (χ3v) is 9.94. The molecule has 0 amide bonds. The number of rotatable bonds is 4. The molecule has 178 valence electrons. The molecule has 0 spiro atoms. The van der Waals surface area contributed by atoms with Gasteiger partial charge in [0.15, 0.2) is 5.76 Å². The Morgan fingerprint density at radius 1 is 1.18 bits per heavy atom. The molecule has 3 aromatic rings. The van der Waals surface area contributed by atoms with Crippen molar-refractivity contribution in [2.45, 2.75) is 49.9 Å². The van der Waals surface area contributed by atoms with Crippen molar-refractivity contribution in [3.8, 4) is 22.7 Å². The molecular formula is C23H24ClFN6O2S. The molecule has 2 atom stereocenters. The second kappa shape index (κ2) is 7.84. The summed E-state index contributed by atoms with van der Waals surface area (Å²) in [5, 5.41) is 4.31. The van der Waals surface area contributed by atoms with Gasteiger partial charge in [0.25, 0.3) is 0 Å². The average Bonchev–Trinajstić information content (AvgIpc) is 3.44. The van der Waals surface area contributed by atoms with Crippen molar-refractivity contribution in [3.05, 3.63) is 53.2 Å². The topological polar surface area (TPSA) is 120 Å². The fraction of sp³-hybridized carbons (Fsp3) is 0.391. The van der Waals surface area contributed by atoms with E-state index in [4.69, 9.17) is 21.9 Å². The third kappa shape index (κ3) is 3.88. The number of hydrogen-bond acceptors (Lipinski definition) is 8. The van der Waals surface area contributed by atoms with Gasteiger partial charge in [-0.1, -0.05) is 16.8 Å². The maximum absolute atomic E-state index is 15.2. The van der Waals surface area contributed by atoms with Crippen molar-refractivity contribution in [1.82, 2.24) is 15.1 Å². The predicted molar refractivity (Wildman–Crippen MR) is 129 cm³/mol. The van der Waals surface area contributed by atoms with Crippen LogP contribution in [0.15, 0.2) is 50.5 Å². The van der Waals surface area contributed by atoms with Gasteiger partial charge >= 0.3 is 0 Å². The molecule has 0 bridgehead atoms. The number of hydrogen-bond donors (Lipinski definition) is 1. The normalized spacial score (nSPS) is 26.2. The van der Waals surface area contributed by atoms with Gasteiger partial charge in [0, 0.05) is 17.2 Å². The molecule has 1 saturated carbocycles. The Hall–Kier alpha value is -2.85. The molecule has 3 heterocycles. The smallest absolute Gasteiger partial charge is 0.167 e. The van der Waals surface area contributed by atoms with E-state index >= 15 is 4.39 Å². The third-order valence-electron chi connectivity index (χ3n) is 6.35. The maximum Gasteiger partial charge on any atom is 0.167 e. The first-order valence-corrected chi connectivity index (χ1v) is 12.9. The predicted octanol–water partition coefficient (Wildman–Crippen LogP) is 4.59. The van der Waals surface area contributed by atoms with Gasteiger partial charge in [-0.3, -0.25) is 4.99 Å². The highest BCUT2D eigenvalue weighted by Crippen LogP contribution is 2.42. The molecule has 1 fully saturated rings. The van der Waals surface area contributed by atoms with E-state index in [9.17, 15) is 4.21 Å². The van der Waals surface area contributed by atoms with Crippen LogP contribution in [0.2, 0.25) is 5.15 Å². The molecule has 1 aliphatic carbocycles. The monoisotopic (exact) mass is 502 g/mol. The van der Waals surface area contributed by atoms with Crippen LogP contribution in [0.4, 0.5) is 4.39 Å². The summed E-state index contributed by atoms with van der Waals surface area (Å²) in [7, 11) is -2.80. The lowest BCUT2D eigenvalue weighted by Gasteiger charge is -2.40. The van der Waals surface area contributed by atoms with Crippen LogP contribution < -0.4 is 5.73 Å². The highest BCUT2D eigenvalue weighted by atomic mass is 35.5. The number of aromatic nitrogens is 3. The zero-order valence-corrected chi connectivity index (χ0v) is 20.5. The van der Waals surface area contributed by atoms with Crippen molar-refractivity contribution in [1.29, 1.82) is 0 Å². The van der Waals surface area contributed by atoms with Crippen LogP contribution in [-0.2, 0) is 15.3 Å². The van der Waals surface area contributed by atoms with Crippen molar-refractivity contribution in [2.75, 3.05) is 5.75 Å². The minimum Gasteiger partial charge on any atom is -0.386 e. The average molecular weight is 503 g/mol. The van der Waals surface area contributed by atoms with Crippen LogP contribution in [0, 0.1) is 5.82 Å². The Morgan fingerprint density at radius 3 is 2.62 bits per heavy atom. The van der Waals surface area contributed by atoms with E-state index in [1.807, 2.05) is 0 Å². The maximum atomic E-state index is 15.2. The van der Waals surface area contributed by atoms with Crippen LogP contribution in [0.1, 0.15) is 39.2 Å². The minimum absolute atomic E-state index is 0.0710. The molecule has 1 aliphatic heterocycles. The van der Waals surface area contributed by atoms with E-state index in [-0.39, 0.29) is 28.3 Å². The summed E-state index contributed by atoms with van der Waals surface area (Å²) >= 11 is 5.80. The van der Waals surface area contributed by atoms with Gasteiger partial charge < -0.3 is 10.3 Å². The molecule has 0 saturated heterocycles. The van der Waals surface area contributed by atoms with Crippen LogP contribution >= 0.6 is 11.6 Å². The Balaban J connectivity index is 1.56. The van der Waals surface area contributed by atoms with Crippen LogP contribution in [0.5, 0.6) is 0 Å². The van der Waals surface area contributed by atoms with E-state index in [0.717, 1.165) is 12.8 Å². The van der Waals surface area contributed by atoms with Crippen molar-refractivity contribution < 1.29 is 13.1 Å². The standard InChI is InChI=1S/C23H24ClFN6O2S/c1-22(2)21(26)29-23(3,12-34(22,32)31-14-5-6-14)15-8-13(4-7-16(15)25)19-9-17(30-33-19)18-10-28-20(24)11-27-18/h4,7-11,14H,5-6,12H2,1-3H3,(H2,26,29)/t23-,34+/m0/s1. The SMILES string of the molecule is CC1(C)C(N)=N[C@](C)(c2cc(-c3cc(-c4cnc(Cl)cn4)no3)ccc2F)C[S@]1(=O)=NC1CC1. The molecular weight excluding hydrogens is 479 g/mol. The number of halogens is 2. The lowest BCUT2D eigenvalue weighted by atomic mass is 9.91. The van der Waals surface area contributed by atoms with Gasteiger partial charge in [0.1, 0.15) is 38.5 Å². The summed E-state index contributed by atoms with van der Waals surface area (Å²) in [5.74, 6) is 0.225. The molecule has 0 radical (unpaired) electrons. The summed E-state index contributed by atoms with van der Waals surface area (Å²) in [4.78, 5) is 12.8. The molecule has 5 rings (SSSR count). The highest BCUT2D eigenvalue weighted by Gasteiger charge is 2.49. The van der Waals surface area contributed by atoms with E-state index < -0.39 is 25.8 Å². The summed E-state index contributed by atoms with van der Waals surface area (Å²) < 4.78 is 38.5. The largest absolute Gasteiger partial charge is 0.386 e. The van der Waals surface area contributed by atoms with Crippen molar-refractivity contribution in [3.63, 3.8) is 0 Å².